The SMILES string of the molecule is CC(C)C(Nc1ccc(C#N)nc1)C(=O)N1CCOCC1. The molecule has 1 aromatic heterocycles. The topological polar surface area (TPSA) is 78.2 Å². The molecular weight excluding hydrogens is 268 g/mol. The molecule has 6 nitrogen and oxygen atoms in total. The summed E-state index contributed by atoms with van der Waals surface area (Å²) in [6, 6.07) is 5.08. The van der Waals surface area contributed by atoms with Gasteiger partial charge in [0.2, 0.25) is 5.91 Å². The predicted octanol–water partition coefficient (Wildman–Crippen LogP) is 1.25. The van der Waals surface area contributed by atoms with Gasteiger partial charge < -0.3 is 15.0 Å². The van der Waals surface area contributed by atoms with Gasteiger partial charge in [-0.05, 0) is 18.1 Å². The first-order chi connectivity index (χ1) is 10.1. The lowest BCUT2D eigenvalue weighted by atomic mass is 10.0. The van der Waals surface area contributed by atoms with E-state index in [1.165, 1.54) is 0 Å². The number of carbonyl (C=O) groups is 1. The Balaban J connectivity index is 2.07. The molecule has 1 amide bonds. The lowest BCUT2D eigenvalue weighted by Crippen LogP contribution is -2.49. The van der Waals surface area contributed by atoms with Crippen LogP contribution >= 0.6 is 0 Å². The fraction of sp³-hybridized carbons (Fsp3) is 0.533. The van der Waals surface area contributed by atoms with Crippen LogP contribution in [0.4, 0.5) is 5.69 Å². The van der Waals surface area contributed by atoms with Crippen LogP contribution in [0.15, 0.2) is 18.3 Å². The molecule has 21 heavy (non-hydrogen) atoms. The Bertz CT molecular complexity index is 515. The normalized spacial score (nSPS) is 16.4. The highest BCUT2D eigenvalue weighted by Crippen LogP contribution is 2.15. The summed E-state index contributed by atoms with van der Waals surface area (Å²) >= 11 is 0. The Kier molecular flexibility index (Phi) is 5.12. The maximum Gasteiger partial charge on any atom is 0.245 e. The van der Waals surface area contributed by atoms with E-state index >= 15 is 0 Å². The molecule has 1 N–H and O–H groups in total. The summed E-state index contributed by atoms with van der Waals surface area (Å²) in [7, 11) is 0. The van der Waals surface area contributed by atoms with Crippen LogP contribution in [-0.4, -0.2) is 48.1 Å². The number of rotatable bonds is 4. The maximum atomic E-state index is 12.6. The number of morpholine rings is 1. The van der Waals surface area contributed by atoms with Crippen LogP contribution in [0.2, 0.25) is 0 Å². The van der Waals surface area contributed by atoms with Gasteiger partial charge in [0.05, 0.1) is 25.1 Å². The molecule has 1 atom stereocenters. The molecule has 1 unspecified atom stereocenters. The smallest absolute Gasteiger partial charge is 0.245 e. The highest BCUT2D eigenvalue weighted by Gasteiger charge is 2.28. The molecule has 0 aromatic carbocycles. The number of nitrogens with zero attached hydrogens (tertiary/aromatic N) is 3. The van der Waals surface area contributed by atoms with Gasteiger partial charge in [0.15, 0.2) is 0 Å². The first kappa shape index (κ1) is 15.3. The lowest BCUT2D eigenvalue weighted by molar-refractivity contribution is -0.137. The summed E-state index contributed by atoms with van der Waals surface area (Å²) in [5.41, 5.74) is 1.11. The average molecular weight is 288 g/mol. The first-order valence-electron chi connectivity index (χ1n) is 7.11. The monoisotopic (exact) mass is 288 g/mol. The number of anilines is 1. The summed E-state index contributed by atoms with van der Waals surface area (Å²) in [6.07, 6.45) is 1.58. The second-order valence-corrected chi connectivity index (χ2v) is 5.35. The fourth-order valence-electron chi connectivity index (χ4n) is 2.22. The van der Waals surface area contributed by atoms with Gasteiger partial charge in [-0.1, -0.05) is 13.8 Å². The van der Waals surface area contributed by atoms with E-state index in [0.29, 0.717) is 32.0 Å². The van der Waals surface area contributed by atoms with Crippen LogP contribution in [0, 0.1) is 17.2 Å². The maximum absolute atomic E-state index is 12.6. The molecular formula is C15H20N4O2. The number of hydrogen-bond acceptors (Lipinski definition) is 5. The minimum atomic E-state index is -0.308. The van der Waals surface area contributed by atoms with Crippen molar-refractivity contribution in [1.82, 2.24) is 9.88 Å². The van der Waals surface area contributed by atoms with Crippen molar-refractivity contribution in [2.45, 2.75) is 19.9 Å². The van der Waals surface area contributed by atoms with E-state index in [4.69, 9.17) is 10.00 Å². The van der Waals surface area contributed by atoms with Crippen molar-refractivity contribution in [3.05, 3.63) is 24.0 Å². The minimum absolute atomic E-state index is 0.0812. The Morgan fingerprint density at radius 3 is 2.67 bits per heavy atom. The van der Waals surface area contributed by atoms with E-state index in [1.54, 1.807) is 18.3 Å². The summed E-state index contributed by atoms with van der Waals surface area (Å²) in [5.74, 6) is 0.230. The molecule has 2 heterocycles. The van der Waals surface area contributed by atoms with Crippen LogP contribution in [-0.2, 0) is 9.53 Å². The number of amides is 1. The molecule has 1 fully saturated rings. The molecule has 0 radical (unpaired) electrons. The van der Waals surface area contributed by atoms with Gasteiger partial charge in [-0.15, -0.1) is 0 Å². The average Bonchev–Trinajstić information content (AvgIpc) is 2.53. The summed E-state index contributed by atoms with van der Waals surface area (Å²) < 4.78 is 5.28. The summed E-state index contributed by atoms with van der Waals surface area (Å²) in [5, 5.41) is 12.0. The lowest BCUT2D eigenvalue weighted by Gasteiger charge is -2.32. The van der Waals surface area contributed by atoms with Gasteiger partial charge >= 0.3 is 0 Å². The Labute approximate surface area is 124 Å². The van der Waals surface area contributed by atoms with E-state index in [2.05, 4.69) is 10.3 Å². The van der Waals surface area contributed by atoms with Gasteiger partial charge in [-0.25, -0.2) is 4.98 Å². The number of nitrogens with one attached hydrogen (secondary N) is 1. The Hall–Kier alpha value is -2.13. The second-order valence-electron chi connectivity index (χ2n) is 5.35. The van der Waals surface area contributed by atoms with E-state index in [9.17, 15) is 4.79 Å². The van der Waals surface area contributed by atoms with Gasteiger partial charge in [0.25, 0.3) is 0 Å². The number of aromatic nitrogens is 1. The number of ether oxygens (including phenoxy) is 1. The van der Waals surface area contributed by atoms with Crippen LogP contribution in [0.5, 0.6) is 0 Å². The third-order valence-electron chi connectivity index (χ3n) is 3.46. The van der Waals surface area contributed by atoms with Crippen molar-refractivity contribution in [2.24, 2.45) is 5.92 Å². The molecule has 6 heteroatoms. The van der Waals surface area contributed by atoms with Crippen molar-refractivity contribution in [3.8, 4) is 6.07 Å². The zero-order valence-corrected chi connectivity index (χ0v) is 12.4. The van der Waals surface area contributed by atoms with Crippen LogP contribution in [0.1, 0.15) is 19.5 Å². The summed E-state index contributed by atoms with van der Waals surface area (Å²) in [4.78, 5) is 18.4. The van der Waals surface area contributed by atoms with E-state index in [-0.39, 0.29) is 17.9 Å². The molecule has 1 aliphatic rings. The third-order valence-corrected chi connectivity index (χ3v) is 3.46. The number of pyridine rings is 1. The van der Waals surface area contributed by atoms with Crippen LogP contribution in [0.3, 0.4) is 0 Å². The molecule has 0 spiro atoms. The quantitative estimate of drug-likeness (QED) is 0.902. The fourth-order valence-corrected chi connectivity index (χ4v) is 2.22. The molecule has 112 valence electrons. The molecule has 1 aromatic rings. The number of carbonyl (C=O) groups excluding carboxylic acids is 1. The van der Waals surface area contributed by atoms with Gasteiger partial charge in [-0.3, -0.25) is 4.79 Å². The van der Waals surface area contributed by atoms with E-state index in [1.807, 2.05) is 24.8 Å². The molecule has 0 aliphatic carbocycles. The van der Waals surface area contributed by atoms with Crippen LogP contribution in [0.25, 0.3) is 0 Å². The molecule has 1 saturated heterocycles. The molecule has 2 rings (SSSR count). The zero-order chi connectivity index (χ0) is 15.2. The van der Waals surface area contributed by atoms with Crippen molar-refractivity contribution in [3.63, 3.8) is 0 Å². The van der Waals surface area contributed by atoms with Gasteiger partial charge in [-0.2, -0.15) is 5.26 Å². The van der Waals surface area contributed by atoms with E-state index < -0.39 is 0 Å². The van der Waals surface area contributed by atoms with Crippen molar-refractivity contribution in [2.75, 3.05) is 31.6 Å². The molecule has 1 aliphatic heterocycles. The van der Waals surface area contributed by atoms with Gasteiger partial charge in [0.1, 0.15) is 17.8 Å². The number of hydrogen-bond donors (Lipinski definition) is 1. The minimum Gasteiger partial charge on any atom is -0.378 e. The summed E-state index contributed by atoms with van der Waals surface area (Å²) in [6.45, 7) is 6.47. The zero-order valence-electron chi connectivity index (χ0n) is 12.4. The largest absolute Gasteiger partial charge is 0.378 e. The molecule has 0 bridgehead atoms. The Morgan fingerprint density at radius 2 is 2.14 bits per heavy atom. The van der Waals surface area contributed by atoms with Crippen LogP contribution < -0.4 is 5.32 Å². The standard InChI is InChI=1S/C15H20N4O2/c1-11(2)14(15(20)19-5-7-21-8-6-19)18-13-4-3-12(9-16)17-10-13/h3-4,10-11,14,18H,5-8H2,1-2H3. The van der Waals surface area contributed by atoms with E-state index in [0.717, 1.165) is 5.69 Å². The second kappa shape index (κ2) is 7.04. The van der Waals surface area contributed by atoms with Gasteiger partial charge in [0, 0.05) is 13.1 Å². The molecule has 0 saturated carbocycles. The first-order valence-corrected chi connectivity index (χ1v) is 7.11. The number of nitriles is 1. The van der Waals surface area contributed by atoms with Crippen molar-refractivity contribution in [1.29, 1.82) is 5.26 Å². The predicted molar refractivity (Wildman–Crippen MR) is 78.6 cm³/mol. The van der Waals surface area contributed by atoms with Crippen molar-refractivity contribution >= 4 is 11.6 Å². The highest BCUT2D eigenvalue weighted by molar-refractivity contribution is 5.85. The van der Waals surface area contributed by atoms with Crippen molar-refractivity contribution < 1.29 is 9.53 Å². The third kappa shape index (κ3) is 3.92. The highest BCUT2D eigenvalue weighted by atomic mass is 16.5. The Morgan fingerprint density at radius 1 is 1.43 bits per heavy atom.